The summed E-state index contributed by atoms with van der Waals surface area (Å²) in [7, 11) is -0.132. The molecule has 0 unspecified atom stereocenters. The average Bonchev–Trinajstić information content (AvgIpc) is 3.10. The van der Waals surface area contributed by atoms with Crippen molar-refractivity contribution in [1.29, 1.82) is 0 Å². The zero-order valence-corrected chi connectivity index (χ0v) is 14.9. The second-order valence-corrected chi connectivity index (χ2v) is 7.48. The maximum absolute atomic E-state index is 11.8. The highest BCUT2D eigenvalue weighted by molar-refractivity contribution is 7.90. The van der Waals surface area contributed by atoms with Gasteiger partial charge in [0.2, 0.25) is 0 Å². The lowest BCUT2D eigenvalue weighted by atomic mass is 10.1. The number of ether oxygens (including phenoxy) is 2. The molecular formula is C18H18N2O4S. The third kappa shape index (κ3) is 3.36. The van der Waals surface area contributed by atoms with Crippen molar-refractivity contribution in [2.45, 2.75) is 4.90 Å². The minimum Gasteiger partial charge on any atom is -0.493 e. The van der Waals surface area contributed by atoms with Crippen LogP contribution in [0.3, 0.4) is 0 Å². The molecule has 6 nitrogen and oxygen atoms in total. The van der Waals surface area contributed by atoms with E-state index in [1.165, 1.54) is 6.26 Å². The highest BCUT2D eigenvalue weighted by atomic mass is 32.2. The average molecular weight is 358 g/mol. The van der Waals surface area contributed by atoms with E-state index in [2.05, 4.69) is 5.10 Å². The van der Waals surface area contributed by atoms with Crippen molar-refractivity contribution in [1.82, 2.24) is 9.78 Å². The molecule has 0 aliphatic carbocycles. The molecule has 0 saturated carbocycles. The molecule has 0 aliphatic rings. The third-order valence-corrected chi connectivity index (χ3v) is 4.92. The van der Waals surface area contributed by atoms with Gasteiger partial charge < -0.3 is 9.47 Å². The highest BCUT2D eigenvalue weighted by Gasteiger charge is 2.13. The van der Waals surface area contributed by atoms with Crippen LogP contribution in [0.2, 0.25) is 0 Å². The maximum Gasteiger partial charge on any atom is 0.175 e. The van der Waals surface area contributed by atoms with E-state index in [1.54, 1.807) is 49.4 Å². The predicted molar refractivity (Wildman–Crippen MR) is 95.2 cm³/mol. The van der Waals surface area contributed by atoms with Gasteiger partial charge in [-0.2, -0.15) is 5.10 Å². The van der Waals surface area contributed by atoms with Crippen molar-refractivity contribution in [3.8, 4) is 28.4 Å². The van der Waals surface area contributed by atoms with Gasteiger partial charge in [0, 0.05) is 17.9 Å². The summed E-state index contributed by atoms with van der Waals surface area (Å²) in [6, 6.07) is 14.1. The Morgan fingerprint density at radius 2 is 1.72 bits per heavy atom. The number of rotatable bonds is 5. The lowest BCUT2D eigenvalue weighted by molar-refractivity contribution is 0.355. The molecule has 130 valence electrons. The van der Waals surface area contributed by atoms with Crippen LogP contribution in [0.5, 0.6) is 11.5 Å². The lowest BCUT2D eigenvalue weighted by Crippen LogP contribution is -2.01. The Kier molecular flexibility index (Phi) is 4.50. The van der Waals surface area contributed by atoms with E-state index in [-0.39, 0.29) is 4.90 Å². The maximum atomic E-state index is 11.8. The molecular weight excluding hydrogens is 340 g/mol. The standard InChI is InChI=1S/C18H18N2O4S/c1-23-17-8-7-14(12-18(17)24-2)20-16(9-10-19-20)13-5-4-6-15(11-13)25(3,21)22/h4-12H,1-3H3. The van der Waals surface area contributed by atoms with Crippen molar-refractivity contribution in [2.75, 3.05) is 20.5 Å². The first kappa shape index (κ1) is 17.0. The summed E-state index contributed by atoms with van der Waals surface area (Å²) >= 11 is 0. The number of sulfone groups is 1. The first-order valence-electron chi connectivity index (χ1n) is 7.51. The van der Waals surface area contributed by atoms with E-state index in [1.807, 2.05) is 24.3 Å². The molecule has 1 aromatic heterocycles. The normalized spacial score (nSPS) is 11.3. The molecule has 0 aliphatic heterocycles. The molecule has 2 aromatic carbocycles. The van der Waals surface area contributed by atoms with E-state index < -0.39 is 9.84 Å². The predicted octanol–water partition coefficient (Wildman–Crippen LogP) is 2.96. The quantitative estimate of drug-likeness (QED) is 0.701. The van der Waals surface area contributed by atoms with Crippen molar-refractivity contribution < 1.29 is 17.9 Å². The molecule has 0 atom stereocenters. The molecule has 7 heteroatoms. The number of methoxy groups -OCH3 is 2. The SMILES string of the molecule is COc1ccc(-n2nccc2-c2cccc(S(C)(=O)=O)c2)cc1OC. The van der Waals surface area contributed by atoms with E-state index in [9.17, 15) is 8.42 Å². The molecule has 0 N–H and O–H groups in total. The summed E-state index contributed by atoms with van der Waals surface area (Å²) in [6.07, 6.45) is 2.86. The molecule has 0 amide bonds. The zero-order valence-electron chi connectivity index (χ0n) is 14.1. The van der Waals surface area contributed by atoms with Gasteiger partial charge in [0.25, 0.3) is 0 Å². The number of aromatic nitrogens is 2. The van der Waals surface area contributed by atoms with Gasteiger partial charge in [-0.1, -0.05) is 12.1 Å². The van der Waals surface area contributed by atoms with Gasteiger partial charge in [0.05, 0.1) is 36.7 Å². The minimum absolute atomic E-state index is 0.269. The molecule has 3 aromatic rings. The monoisotopic (exact) mass is 358 g/mol. The van der Waals surface area contributed by atoms with E-state index in [0.717, 1.165) is 16.9 Å². The smallest absolute Gasteiger partial charge is 0.175 e. The van der Waals surface area contributed by atoms with Crippen LogP contribution >= 0.6 is 0 Å². The fraction of sp³-hybridized carbons (Fsp3) is 0.167. The van der Waals surface area contributed by atoms with Gasteiger partial charge in [-0.05, 0) is 30.3 Å². The van der Waals surface area contributed by atoms with Gasteiger partial charge in [0.1, 0.15) is 0 Å². The Morgan fingerprint density at radius 3 is 2.40 bits per heavy atom. The lowest BCUT2D eigenvalue weighted by Gasteiger charge is -2.12. The third-order valence-electron chi connectivity index (χ3n) is 3.81. The summed E-state index contributed by atoms with van der Waals surface area (Å²) < 4.78 is 35.9. The van der Waals surface area contributed by atoms with E-state index in [0.29, 0.717) is 11.5 Å². The number of nitrogens with zero attached hydrogens (tertiary/aromatic N) is 2. The zero-order chi connectivity index (χ0) is 18.0. The largest absolute Gasteiger partial charge is 0.493 e. The van der Waals surface area contributed by atoms with Crippen LogP contribution in [0.15, 0.2) is 59.6 Å². The van der Waals surface area contributed by atoms with Crippen LogP contribution in [0, 0.1) is 0 Å². The Bertz CT molecular complexity index is 1010. The summed E-state index contributed by atoms with van der Waals surface area (Å²) in [6.45, 7) is 0. The molecule has 1 heterocycles. The molecule has 0 bridgehead atoms. The summed E-state index contributed by atoms with van der Waals surface area (Å²) in [4.78, 5) is 0.269. The molecule has 0 spiro atoms. The molecule has 25 heavy (non-hydrogen) atoms. The summed E-state index contributed by atoms with van der Waals surface area (Å²) in [5, 5.41) is 4.36. The van der Waals surface area contributed by atoms with Crippen LogP contribution in [0.1, 0.15) is 0 Å². The summed E-state index contributed by atoms with van der Waals surface area (Å²) in [5.41, 5.74) is 2.32. The van der Waals surface area contributed by atoms with Gasteiger partial charge in [-0.25, -0.2) is 13.1 Å². The first-order chi connectivity index (χ1) is 11.9. The van der Waals surface area contributed by atoms with Crippen molar-refractivity contribution in [3.05, 3.63) is 54.7 Å². The Morgan fingerprint density at radius 1 is 0.960 bits per heavy atom. The number of benzene rings is 2. The highest BCUT2D eigenvalue weighted by Crippen LogP contribution is 2.31. The fourth-order valence-electron chi connectivity index (χ4n) is 2.57. The van der Waals surface area contributed by atoms with Crippen molar-refractivity contribution >= 4 is 9.84 Å². The van der Waals surface area contributed by atoms with Crippen LogP contribution < -0.4 is 9.47 Å². The topological polar surface area (TPSA) is 70.4 Å². The molecule has 0 fully saturated rings. The van der Waals surface area contributed by atoms with Crippen molar-refractivity contribution in [2.24, 2.45) is 0 Å². The number of hydrogen-bond donors (Lipinski definition) is 0. The Balaban J connectivity index is 2.11. The second kappa shape index (κ2) is 6.60. The Hall–Kier alpha value is -2.80. The van der Waals surface area contributed by atoms with Crippen LogP contribution in [0.25, 0.3) is 16.9 Å². The molecule has 0 radical (unpaired) electrons. The van der Waals surface area contributed by atoms with Crippen molar-refractivity contribution in [3.63, 3.8) is 0 Å². The fourth-order valence-corrected chi connectivity index (χ4v) is 3.24. The van der Waals surface area contributed by atoms with Crippen LogP contribution in [0.4, 0.5) is 0 Å². The number of hydrogen-bond acceptors (Lipinski definition) is 5. The van der Waals surface area contributed by atoms with Gasteiger partial charge in [-0.3, -0.25) is 0 Å². The van der Waals surface area contributed by atoms with Crippen LogP contribution in [-0.2, 0) is 9.84 Å². The van der Waals surface area contributed by atoms with E-state index in [4.69, 9.17) is 9.47 Å². The Labute approximate surface area is 146 Å². The van der Waals surface area contributed by atoms with Crippen LogP contribution in [-0.4, -0.2) is 38.7 Å². The van der Waals surface area contributed by atoms with E-state index >= 15 is 0 Å². The van der Waals surface area contributed by atoms with Gasteiger partial charge in [0.15, 0.2) is 21.3 Å². The first-order valence-corrected chi connectivity index (χ1v) is 9.40. The van der Waals surface area contributed by atoms with Gasteiger partial charge in [-0.15, -0.1) is 0 Å². The molecule has 3 rings (SSSR count). The van der Waals surface area contributed by atoms with Gasteiger partial charge >= 0.3 is 0 Å². The second-order valence-electron chi connectivity index (χ2n) is 5.47. The summed E-state index contributed by atoms with van der Waals surface area (Å²) in [5.74, 6) is 1.21. The molecule has 0 saturated heterocycles. The minimum atomic E-state index is -3.28.